The van der Waals surface area contributed by atoms with Gasteiger partial charge in [-0.2, -0.15) is 5.26 Å². The van der Waals surface area contributed by atoms with E-state index in [9.17, 15) is 18.0 Å². The van der Waals surface area contributed by atoms with Crippen LogP contribution in [-0.4, -0.2) is 61.5 Å². The van der Waals surface area contributed by atoms with Crippen molar-refractivity contribution in [2.75, 3.05) is 30.9 Å². The van der Waals surface area contributed by atoms with Crippen LogP contribution in [0, 0.1) is 18.3 Å². The van der Waals surface area contributed by atoms with Crippen LogP contribution < -0.4 is 4.72 Å². The smallest absolute Gasteiger partial charge is 0.253 e. The van der Waals surface area contributed by atoms with Crippen LogP contribution in [0.1, 0.15) is 59.2 Å². The zero-order valence-corrected chi connectivity index (χ0v) is 20.8. The molecule has 0 aliphatic carbocycles. The predicted octanol–water partition coefficient (Wildman–Crippen LogP) is 3.25. The summed E-state index contributed by atoms with van der Waals surface area (Å²) < 4.78 is 28.6. The van der Waals surface area contributed by atoms with E-state index in [-0.39, 0.29) is 18.4 Å². The maximum atomic E-state index is 13.2. The van der Waals surface area contributed by atoms with Crippen LogP contribution in [0.4, 0.5) is 5.69 Å². The number of hydrogen-bond acceptors (Lipinski definition) is 5. The number of carbonyl (C=O) groups excluding carboxylic acids is 2. The van der Waals surface area contributed by atoms with Crippen LogP contribution in [-0.2, 0) is 14.8 Å². The standard InChI is InChI=1S/C26H30N4O4S/c1-18-3-6-23(15-25(18)28-35(33,34)24-11-14-30(17-24)19(2)31)26(32)29-12-9-22(10-13-29)21-7-4-20(16-27)5-8-21/h3-8,15,22,24,28H,9-14,17H2,1-2H3. The molecule has 35 heavy (non-hydrogen) atoms. The monoisotopic (exact) mass is 494 g/mol. The van der Waals surface area contributed by atoms with Gasteiger partial charge < -0.3 is 9.80 Å². The number of hydrogen-bond donors (Lipinski definition) is 1. The van der Waals surface area contributed by atoms with Crippen molar-refractivity contribution in [1.29, 1.82) is 5.26 Å². The quantitative estimate of drug-likeness (QED) is 0.686. The number of piperidine rings is 1. The normalized spacial score (nSPS) is 18.8. The second-order valence-corrected chi connectivity index (χ2v) is 11.3. The molecule has 0 saturated carbocycles. The van der Waals surface area contributed by atoms with E-state index in [1.165, 1.54) is 17.4 Å². The van der Waals surface area contributed by atoms with E-state index in [0.29, 0.717) is 48.8 Å². The molecule has 4 rings (SSSR count). The number of rotatable bonds is 5. The molecule has 0 aromatic heterocycles. The molecule has 2 aliphatic heterocycles. The zero-order chi connectivity index (χ0) is 25.2. The summed E-state index contributed by atoms with van der Waals surface area (Å²) in [5.74, 6) is 0.0925. The number of aryl methyl sites for hydroxylation is 1. The minimum absolute atomic E-state index is 0.118. The first-order chi connectivity index (χ1) is 16.7. The van der Waals surface area contributed by atoms with Gasteiger partial charge in [-0.05, 0) is 67.5 Å². The van der Waals surface area contributed by atoms with Crippen LogP contribution >= 0.6 is 0 Å². The Hall–Kier alpha value is -3.38. The number of amides is 2. The van der Waals surface area contributed by atoms with Gasteiger partial charge in [0, 0.05) is 38.7 Å². The summed E-state index contributed by atoms with van der Waals surface area (Å²) in [7, 11) is -3.70. The average molecular weight is 495 g/mol. The minimum atomic E-state index is -3.70. The summed E-state index contributed by atoms with van der Waals surface area (Å²) in [5.41, 5.74) is 3.38. The Morgan fingerprint density at radius 1 is 1.00 bits per heavy atom. The summed E-state index contributed by atoms with van der Waals surface area (Å²) in [5, 5.41) is 8.31. The molecule has 2 saturated heterocycles. The highest BCUT2D eigenvalue weighted by Crippen LogP contribution is 2.30. The maximum absolute atomic E-state index is 13.2. The molecule has 2 aromatic rings. The molecule has 2 amide bonds. The second-order valence-electron chi connectivity index (χ2n) is 9.35. The van der Waals surface area contributed by atoms with Crippen molar-refractivity contribution in [2.24, 2.45) is 0 Å². The van der Waals surface area contributed by atoms with Crippen molar-refractivity contribution in [2.45, 2.75) is 44.3 Å². The lowest BCUT2D eigenvalue weighted by molar-refractivity contribution is -0.127. The molecular formula is C26H30N4O4S. The molecule has 184 valence electrons. The molecule has 2 aromatic carbocycles. The highest BCUT2D eigenvalue weighted by atomic mass is 32.2. The van der Waals surface area contributed by atoms with Crippen molar-refractivity contribution in [1.82, 2.24) is 9.80 Å². The van der Waals surface area contributed by atoms with Crippen LogP contribution in [0.25, 0.3) is 0 Å². The second kappa shape index (κ2) is 10.1. The van der Waals surface area contributed by atoms with Crippen molar-refractivity contribution in [3.05, 3.63) is 64.7 Å². The fourth-order valence-corrected chi connectivity index (χ4v) is 6.28. The summed E-state index contributed by atoms with van der Waals surface area (Å²) in [6.45, 7) is 5.07. The van der Waals surface area contributed by atoms with Crippen molar-refractivity contribution < 1.29 is 18.0 Å². The van der Waals surface area contributed by atoms with E-state index in [4.69, 9.17) is 5.26 Å². The maximum Gasteiger partial charge on any atom is 0.253 e. The first-order valence-corrected chi connectivity index (χ1v) is 13.4. The van der Waals surface area contributed by atoms with Crippen molar-refractivity contribution in [3.8, 4) is 6.07 Å². The van der Waals surface area contributed by atoms with Crippen molar-refractivity contribution >= 4 is 27.5 Å². The molecule has 2 aliphatic rings. The topological polar surface area (TPSA) is 111 Å². The molecule has 1 unspecified atom stereocenters. The zero-order valence-electron chi connectivity index (χ0n) is 20.0. The highest BCUT2D eigenvalue weighted by Gasteiger charge is 2.34. The van der Waals surface area contributed by atoms with Gasteiger partial charge >= 0.3 is 0 Å². The number of nitriles is 1. The first-order valence-electron chi connectivity index (χ1n) is 11.8. The SMILES string of the molecule is CC(=O)N1CCC(S(=O)(=O)Nc2cc(C(=O)N3CCC(c4ccc(C#N)cc4)CC3)ccc2C)C1. The van der Waals surface area contributed by atoms with Gasteiger partial charge in [-0.1, -0.05) is 18.2 Å². The molecule has 0 bridgehead atoms. The summed E-state index contributed by atoms with van der Waals surface area (Å²) in [6.07, 6.45) is 2.05. The third-order valence-electron chi connectivity index (χ3n) is 7.06. The molecule has 2 heterocycles. The van der Waals surface area contributed by atoms with Gasteiger partial charge in [0.05, 0.1) is 22.6 Å². The first kappa shape index (κ1) is 24.7. The van der Waals surface area contributed by atoms with Crippen LogP contribution in [0.2, 0.25) is 0 Å². The number of anilines is 1. The Morgan fingerprint density at radius 2 is 1.66 bits per heavy atom. The van der Waals surface area contributed by atoms with E-state index < -0.39 is 15.3 Å². The average Bonchev–Trinajstić information content (AvgIpc) is 3.37. The fourth-order valence-electron chi connectivity index (χ4n) is 4.80. The summed E-state index contributed by atoms with van der Waals surface area (Å²) in [4.78, 5) is 28.1. The van der Waals surface area contributed by atoms with Gasteiger partial charge in [0.25, 0.3) is 5.91 Å². The predicted molar refractivity (Wildman–Crippen MR) is 133 cm³/mol. The highest BCUT2D eigenvalue weighted by molar-refractivity contribution is 7.93. The molecule has 0 radical (unpaired) electrons. The molecule has 8 nitrogen and oxygen atoms in total. The Morgan fingerprint density at radius 3 is 2.26 bits per heavy atom. The molecule has 1 atom stereocenters. The van der Waals surface area contributed by atoms with E-state index in [0.717, 1.165) is 18.4 Å². The van der Waals surface area contributed by atoms with Crippen LogP contribution in [0.15, 0.2) is 42.5 Å². The van der Waals surface area contributed by atoms with E-state index in [2.05, 4.69) is 10.8 Å². The number of nitrogens with zero attached hydrogens (tertiary/aromatic N) is 3. The van der Waals surface area contributed by atoms with E-state index in [1.807, 2.05) is 29.2 Å². The van der Waals surface area contributed by atoms with Crippen LogP contribution in [0.5, 0.6) is 0 Å². The molecule has 9 heteroatoms. The van der Waals surface area contributed by atoms with Gasteiger partial charge in [0.15, 0.2) is 0 Å². The number of likely N-dealkylation sites (tertiary alicyclic amines) is 2. The number of sulfonamides is 1. The lowest BCUT2D eigenvalue weighted by Gasteiger charge is -2.32. The summed E-state index contributed by atoms with van der Waals surface area (Å²) in [6, 6.07) is 14.8. The molecule has 0 spiro atoms. The number of carbonyl (C=O) groups is 2. The van der Waals surface area contributed by atoms with Gasteiger partial charge in [0.1, 0.15) is 0 Å². The van der Waals surface area contributed by atoms with Gasteiger partial charge in [0.2, 0.25) is 15.9 Å². The van der Waals surface area contributed by atoms with Gasteiger partial charge in [-0.15, -0.1) is 0 Å². The number of benzene rings is 2. The van der Waals surface area contributed by atoms with E-state index >= 15 is 0 Å². The van der Waals surface area contributed by atoms with Gasteiger partial charge in [-0.25, -0.2) is 8.42 Å². The molecule has 2 fully saturated rings. The Bertz CT molecular complexity index is 1260. The van der Waals surface area contributed by atoms with Gasteiger partial charge in [-0.3, -0.25) is 14.3 Å². The Labute approximate surface area is 206 Å². The Kier molecular flexibility index (Phi) is 7.13. The Balaban J connectivity index is 1.41. The summed E-state index contributed by atoms with van der Waals surface area (Å²) >= 11 is 0. The minimum Gasteiger partial charge on any atom is -0.342 e. The third-order valence-corrected chi connectivity index (χ3v) is 8.83. The molecule has 1 N–H and O–H groups in total. The lowest BCUT2D eigenvalue weighted by atomic mass is 9.89. The number of nitrogens with one attached hydrogen (secondary N) is 1. The molecular weight excluding hydrogens is 464 g/mol. The van der Waals surface area contributed by atoms with Crippen LogP contribution in [0.3, 0.4) is 0 Å². The fraction of sp³-hybridized carbons (Fsp3) is 0.423. The largest absolute Gasteiger partial charge is 0.342 e. The van der Waals surface area contributed by atoms with E-state index in [1.54, 1.807) is 25.1 Å². The lowest BCUT2D eigenvalue weighted by Crippen LogP contribution is -2.38. The third kappa shape index (κ3) is 5.49. The van der Waals surface area contributed by atoms with Crippen molar-refractivity contribution in [3.63, 3.8) is 0 Å².